The number of ether oxygens (including phenoxy) is 1. The van der Waals surface area contributed by atoms with E-state index in [1.54, 1.807) is 12.1 Å². The summed E-state index contributed by atoms with van der Waals surface area (Å²) in [6.07, 6.45) is 0. The van der Waals surface area contributed by atoms with E-state index in [9.17, 15) is 9.90 Å². The van der Waals surface area contributed by atoms with Crippen molar-refractivity contribution in [1.29, 1.82) is 0 Å². The van der Waals surface area contributed by atoms with Gasteiger partial charge >= 0.3 is 0 Å². The molecule has 3 aromatic rings. The molecule has 0 aliphatic heterocycles. The monoisotopic (exact) mass is 314 g/mol. The van der Waals surface area contributed by atoms with Crippen LogP contribution in [0.4, 0.5) is 5.13 Å². The molecule has 0 saturated carbocycles. The summed E-state index contributed by atoms with van der Waals surface area (Å²) in [4.78, 5) is 15.5. The molecule has 0 unspecified atom stereocenters. The second-order valence-electron chi connectivity index (χ2n) is 4.77. The van der Waals surface area contributed by atoms with Crippen molar-refractivity contribution in [1.82, 2.24) is 4.98 Å². The summed E-state index contributed by atoms with van der Waals surface area (Å²) < 4.78 is 6.12. The van der Waals surface area contributed by atoms with Crippen molar-refractivity contribution in [2.45, 2.75) is 6.92 Å². The van der Waals surface area contributed by atoms with Gasteiger partial charge in [0.1, 0.15) is 0 Å². The first-order valence-corrected chi connectivity index (χ1v) is 7.44. The number of fused-ring (bicyclic) bond motifs is 1. The first-order valence-electron chi connectivity index (χ1n) is 6.62. The molecule has 2 aromatic carbocycles. The van der Waals surface area contributed by atoms with E-state index in [0.717, 1.165) is 21.3 Å². The summed E-state index contributed by atoms with van der Waals surface area (Å²) in [5.41, 5.74) is 2.76. The summed E-state index contributed by atoms with van der Waals surface area (Å²) in [6.45, 7) is 1.46. The van der Waals surface area contributed by atoms with Gasteiger partial charge in [0.05, 0.1) is 17.3 Å². The predicted octanol–water partition coefficient (Wildman–Crippen LogP) is 3.64. The highest BCUT2D eigenvalue weighted by molar-refractivity contribution is 7.22. The van der Waals surface area contributed by atoms with Crippen molar-refractivity contribution in [2.24, 2.45) is 0 Å². The number of thiazole rings is 1. The van der Waals surface area contributed by atoms with Crippen LogP contribution in [0.3, 0.4) is 0 Å². The van der Waals surface area contributed by atoms with Crippen LogP contribution in [0.1, 0.15) is 6.92 Å². The number of anilines is 1. The molecule has 3 rings (SSSR count). The number of carbonyl (C=O) groups is 1. The molecule has 0 fully saturated rings. The SMILES string of the molecule is COc1cc(-c2ccc3nc(NC(C)=O)sc3c2)ccc1O. The van der Waals surface area contributed by atoms with Crippen molar-refractivity contribution in [3.63, 3.8) is 0 Å². The normalized spacial score (nSPS) is 10.6. The minimum absolute atomic E-state index is 0.109. The fourth-order valence-corrected chi connectivity index (χ4v) is 3.12. The van der Waals surface area contributed by atoms with Gasteiger partial charge in [-0.3, -0.25) is 4.79 Å². The number of hydrogen-bond acceptors (Lipinski definition) is 5. The van der Waals surface area contributed by atoms with Crippen molar-refractivity contribution in [2.75, 3.05) is 12.4 Å². The molecule has 0 aliphatic rings. The van der Waals surface area contributed by atoms with Crippen molar-refractivity contribution in [3.8, 4) is 22.6 Å². The van der Waals surface area contributed by atoms with Gasteiger partial charge in [0, 0.05) is 6.92 Å². The van der Waals surface area contributed by atoms with Gasteiger partial charge in [-0.2, -0.15) is 0 Å². The van der Waals surface area contributed by atoms with Crippen LogP contribution in [-0.2, 0) is 4.79 Å². The topological polar surface area (TPSA) is 71.5 Å². The summed E-state index contributed by atoms with van der Waals surface area (Å²) in [6, 6.07) is 11.1. The Bertz CT molecular complexity index is 858. The molecule has 112 valence electrons. The van der Waals surface area contributed by atoms with Crippen LogP contribution in [0.15, 0.2) is 36.4 Å². The van der Waals surface area contributed by atoms with Gasteiger partial charge in [-0.05, 0) is 35.4 Å². The second kappa shape index (κ2) is 5.65. The maximum atomic E-state index is 11.1. The van der Waals surface area contributed by atoms with Crippen LogP contribution >= 0.6 is 11.3 Å². The zero-order chi connectivity index (χ0) is 15.7. The van der Waals surface area contributed by atoms with Gasteiger partial charge < -0.3 is 15.2 Å². The number of phenols is 1. The molecule has 0 saturated heterocycles. The number of phenolic OH excluding ortho intramolecular Hbond substituents is 1. The summed E-state index contributed by atoms with van der Waals surface area (Å²) in [7, 11) is 1.52. The van der Waals surface area contributed by atoms with Gasteiger partial charge in [-0.1, -0.05) is 23.5 Å². The first kappa shape index (κ1) is 14.3. The number of hydrogen-bond donors (Lipinski definition) is 2. The molecule has 0 atom stereocenters. The van der Waals surface area contributed by atoms with Gasteiger partial charge in [0.15, 0.2) is 16.6 Å². The lowest BCUT2D eigenvalue weighted by atomic mass is 10.1. The number of methoxy groups -OCH3 is 1. The number of amides is 1. The molecule has 0 bridgehead atoms. The summed E-state index contributed by atoms with van der Waals surface area (Å²) >= 11 is 1.42. The largest absolute Gasteiger partial charge is 0.504 e. The maximum absolute atomic E-state index is 11.1. The standard InChI is InChI=1S/C16H14N2O3S/c1-9(19)17-16-18-12-5-3-11(8-15(12)22-16)10-4-6-13(20)14(7-10)21-2/h3-8,20H,1-2H3,(H,17,18,19). The van der Waals surface area contributed by atoms with Crippen LogP contribution in [0.2, 0.25) is 0 Å². The number of carbonyl (C=O) groups excluding carboxylic acids is 1. The van der Waals surface area contributed by atoms with Crippen molar-refractivity contribution < 1.29 is 14.6 Å². The Morgan fingerprint density at radius 3 is 2.68 bits per heavy atom. The predicted molar refractivity (Wildman–Crippen MR) is 87.6 cm³/mol. The molecular formula is C16H14N2O3S. The van der Waals surface area contributed by atoms with Gasteiger partial charge in [0.25, 0.3) is 0 Å². The van der Waals surface area contributed by atoms with Crippen molar-refractivity contribution in [3.05, 3.63) is 36.4 Å². The Kier molecular flexibility index (Phi) is 3.68. The average molecular weight is 314 g/mol. The molecular weight excluding hydrogens is 300 g/mol. The van der Waals surface area contributed by atoms with E-state index >= 15 is 0 Å². The fourth-order valence-electron chi connectivity index (χ4n) is 2.17. The molecule has 0 spiro atoms. The summed E-state index contributed by atoms with van der Waals surface area (Å²) in [5.74, 6) is 0.404. The third-order valence-corrected chi connectivity index (χ3v) is 4.12. The Hall–Kier alpha value is -2.60. The van der Waals surface area contributed by atoms with Crippen molar-refractivity contribution >= 4 is 32.6 Å². The van der Waals surface area contributed by atoms with E-state index in [1.165, 1.54) is 25.4 Å². The molecule has 1 aromatic heterocycles. The molecule has 6 heteroatoms. The number of aromatic nitrogens is 1. The second-order valence-corrected chi connectivity index (χ2v) is 5.80. The molecule has 2 N–H and O–H groups in total. The number of aromatic hydroxyl groups is 1. The smallest absolute Gasteiger partial charge is 0.223 e. The van der Waals surface area contributed by atoms with E-state index in [1.807, 2.05) is 24.3 Å². The third kappa shape index (κ3) is 2.73. The third-order valence-electron chi connectivity index (χ3n) is 3.18. The quantitative estimate of drug-likeness (QED) is 0.774. The van der Waals surface area contributed by atoms with E-state index in [2.05, 4.69) is 10.3 Å². The molecule has 0 radical (unpaired) electrons. The molecule has 0 aliphatic carbocycles. The summed E-state index contributed by atoms with van der Waals surface area (Å²) in [5, 5.41) is 12.9. The van der Waals surface area contributed by atoms with Gasteiger partial charge in [-0.15, -0.1) is 0 Å². The molecule has 1 amide bonds. The molecule has 5 nitrogen and oxygen atoms in total. The number of benzene rings is 2. The highest BCUT2D eigenvalue weighted by atomic mass is 32.1. The van der Waals surface area contributed by atoms with E-state index in [-0.39, 0.29) is 11.7 Å². The number of rotatable bonds is 3. The van der Waals surface area contributed by atoms with Crippen LogP contribution in [0.25, 0.3) is 21.3 Å². The van der Waals surface area contributed by atoms with Gasteiger partial charge in [0.2, 0.25) is 5.91 Å². The average Bonchev–Trinajstić information content (AvgIpc) is 2.88. The fraction of sp³-hybridized carbons (Fsp3) is 0.125. The Morgan fingerprint density at radius 1 is 1.23 bits per heavy atom. The van der Waals surface area contributed by atoms with Crippen LogP contribution in [0, 0.1) is 0 Å². The van der Waals surface area contributed by atoms with E-state index in [0.29, 0.717) is 10.9 Å². The van der Waals surface area contributed by atoms with Crippen LogP contribution < -0.4 is 10.1 Å². The zero-order valence-corrected chi connectivity index (χ0v) is 12.9. The number of nitrogens with one attached hydrogen (secondary N) is 1. The highest BCUT2D eigenvalue weighted by Gasteiger charge is 2.09. The lowest BCUT2D eigenvalue weighted by Gasteiger charge is -2.06. The van der Waals surface area contributed by atoms with E-state index in [4.69, 9.17) is 4.74 Å². The Labute approximate surface area is 131 Å². The van der Waals surface area contributed by atoms with Crippen LogP contribution in [0.5, 0.6) is 11.5 Å². The highest BCUT2D eigenvalue weighted by Crippen LogP contribution is 2.34. The zero-order valence-electron chi connectivity index (χ0n) is 12.1. The minimum atomic E-state index is -0.137. The maximum Gasteiger partial charge on any atom is 0.223 e. The number of nitrogens with zero attached hydrogens (tertiary/aromatic N) is 1. The Balaban J connectivity index is 2.02. The minimum Gasteiger partial charge on any atom is -0.504 e. The van der Waals surface area contributed by atoms with Gasteiger partial charge in [-0.25, -0.2) is 4.98 Å². The molecule has 1 heterocycles. The van der Waals surface area contributed by atoms with Crippen LogP contribution in [-0.4, -0.2) is 23.1 Å². The Morgan fingerprint density at radius 2 is 1.95 bits per heavy atom. The lowest BCUT2D eigenvalue weighted by molar-refractivity contribution is -0.114. The molecule has 22 heavy (non-hydrogen) atoms. The van der Waals surface area contributed by atoms with E-state index < -0.39 is 0 Å². The first-order chi connectivity index (χ1) is 10.6. The lowest BCUT2D eigenvalue weighted by Crippen LogP contribution is -2.04.